The van der Waals surface area contributed by atoms with E-state index in [0.717, 1.165) is 36.5 Å². The van der Waals surface area contributed by atoms with Gasteiger partial charge in [0.25, 0.3) is 0 Å². The number of hydrogen-bond acceptors (Lipinski definition) is 4. The van der Waals surface area contributed by atoms with E-state index in [0.29, 0.717) is 10.8 Å². The fourth-order valence-electron chi connectivity index (χ4n) is 2.02. The summed E-state index contributed by atoms with van der Waals surface area (Å²) >= 11 is 1.76. The first-order valence-electron chi connectivity index (χ1n) is 6.17. The number of hydrogen-bond donors (Lipinski definition) is 1. The Balaban J connectivity index is 2.20. The summed E-state index contributed by atoms with van der Waals surface area (Å²) in [6, 6.07) is 7.64. The molecular weight excluding hydrogens is 246 g/mol. The van der Waals surface area contributed by atoms with Gasteiger partial charge in [-0.05, 0) is 37.5 Å². The molecule has 1 aromatic rings. The summed E-state index contributed by atoms with van der Waals surface area (Å²) in [5, 5.41) is 19.3. The van der Waals surface area contributed by atoms with Crippen LogP contribution >= 0.6 is 11.8 Å². The van der Waals surface area contributed by atoms with E-state index in [4.69, 9.17) is 10.00 Å². The van der Waals surface area contributed by atoms with E-state index in [1.165, 1.54) is 0 Å². The van der Waals surface area contributed by atoms with Crippen molar-refractivity contribution in [3.8, 4) is 6.07 Å². The lowest BCUT2D eigenvalue weighted by molar-refractivity contribution is 0.1000. The number of aliphatic hydroxyl groups excluding tert-OH is 1. The van der Waals surface area contributed by atoms with E-state index < -0.39 is 6.10 Å². The van der Waals surface area contributed by atoms with Gasteiger partial charge in [-0.15, -0.1) is 11.8 Å². The molecule has 0 spiro atoms. The Labute approximate surface area is 112 Å². The average Bonchev–Trinajstić information content (AvgIpc) is 2.39. The Morgan fingerprint density at radius 3 is 2.78 bits per heavy atom. The standard InChI is InChI=1S/C14H17NO2S/c1-10(16)13-3-2-11(9-15)8-14(13)18-12-4-6-17-7-5-12/h2-3,8,10,12,16H,4-7H2,1H3/t10-/m1/s1. The number of aliphatic hydroxyl groups is 1. The summed E-state index contributed by atoms with van der Waals surface area (Å²) in [6.45, 7) is 3.37. The van der Waals surface area contributed by atoms with Crippen LogP contribution in [0.4, 0.5) is 0 Å². The molecule has 1 fully saturated rings. The number of ether oxygens (including phenoxy) is 1. The molecule has 0 saturated carbocycles. The number of nitrogens with zero attached hydrogens (tertiary/aromatic N) is 1. The summed E-state index contributed by atoms with van der Waals surface area (Å²) in [5.74, 6) is 0. The second-order valence-corrected chi connectivity index (χ2v) is 5.81. The highest BCUT2D eigenvalue weighted by Crippen LogP contribution is 2.35. The first-order chi connectivity index (χ1) is 8.70. The Hall–Kier alpha value is -1.02. The zero-order valence-electron chi connectivity index (χ0n) is 10.4. The van der Waals surface area contributed by atoms with Gasteiger partial charge in [0.05, 0.1) is 17.7 Å². The van der Waals surface area contributed by atoms with Gasteiger partial charge in [-0.1, -0.05) is 6.07 Å². The molecule has 1 atom stereocenters. The molecule has 4 heteroatoms. The highest BCUT2D eigenvalue weighted by Gasteiger charge is 2.18. The largest absolute Gasteiger partial charge is 0.389 e. The van der Waals surface area contributed by atoms with Crippen molar-refractivity contribution in [2.75, 3.05) is 13.2 Å². The monoisotopic (exact) mass is 263 g/mol. The van der Waals surface area contributed by atoms with Crippen LogP contribution in [0.3, 0.4) is 0 Å². The van der Waals surface area contributed by atoms with Crippen molar-refractivity contribution in [1.82, 2.24) is 0 Å². The van der Waals surface area contributed by atoms with Gasteiger partial charge in [-0.25, -0.2) is 0 Å². The van der Waals surface area contributed by atoms with Crippen LogP contribution in [-0.2, 0) is 4.74 Å². The molecule has 1 heterocycles. The van der Waals surface area contributed by atoms with Crippen molar-refractivity contribution in [1.29, 1.82) is 5.26 Å². The number of thioether (sulfide) groups is 1. The SMILES string of the molecule is C[C@@H](O)c1ccc(C#N)cc1SC1CCOCC1. The van der Waals surface area contributed by atoms with Crippen LogP contribution in [0, 0.1) is 11.3 Å². The maximum Gasteiger partial charge on any atom is 0.0992 e. The summed E-state index contributed by atoms with van der Waals surface area (Å²) in [5.41, 5.74) is 1.56. The quantitative estimate of drug-likeness (QED) is 0.911. The second-order valence-electron chi connectivity index (χ2n) is 4.47. The normalized spacial score (nSPS) is 18.3. The fraction of sp³-hybridized carbons (Fsp3) is 0.500. The summed E-state index contributed by atoms with van der Waals surface area (Å²) in [7, 11) is 0. The Morgan fingerprint density at radius 2 is 2.17 bits per heavy atom. The van der Waals surface area contributed by atoms with E-state index in [1.54, 1.807) is 24.8 Å². The van der Waals surface area contributed by atoms with Crippen LogP contribution in [0.1, 0.15) is 37.0 Å². The van der Waals surface area contributed by atoms with Gasteiger partial charge in [0.1, 0.15) is 0 Å². The van der Waals surface area contributed by atoms with Crippen LogP contribution in [0.15, 0.2) is 23.1 Å². The van der Waals surface area contributed by atoms with Crippen molar-refractivity contribution < 1.29 is 9.84 Å². The van der Waals surface area contributed by atoms with E-state index >= 15 is 0 Å². The molecule has 2 rings (SSSR count). The summed E-state index contributed by atoms with van der Waals surface area (Å²) in [4.78, 5) is 1.02. The van der Waals surface area contributed by atoms with Gasteiger partial charge in [0.2, 0.25) is 0 Å². The molecule has 96 valence electrons. The highest BCUT2D eigenvalue weighted by molar-refractivity contribution is 8.00. The molecule has 0 unspecified atom stereocenters. The second kappa shape index (κ2) is 6.24. The minimum absolute atomic E-state index is 0.500. The van der Waals surface area contributed by atoms with Crippen molar-refractivity contribution in [3.05, 3.63) is 29.3 Å². The van der Waals surface area contributed by atoms with Gasteiger partial charge in [0, 0.05) is 23.4 Å². The molecule has 0 bridgehead atoms. The Bertz CT molecular complexity index is 448. The minimum Gasteiger partial charge on any atom is -0.389 e. The summed E-state index contributed by atoms with van der Waals surface area (Å²) in [6.07, 6.45) is 1.56. The fourth-order valence-corrected chi connectivity index (χ4v) is 3.38. The Morgan fingerprint density at radius 1 is 1.44 bits per heavy atom. The van der Waals surface area contributed by atoms with Crippen LogP contribution in [0.2, 0.25) is 0 Å². The van der Waals surface area contributed by atoms with Crippen molar-refractivity contribution >= 4 is 11.8 Å². The molecule has 3 nitrogen and oxygen atoms in total. The zero-order chi connectivity index (χ0) is 13.0. The molecular formula is C14H17NO2S. The third-order valence-electron chi connectivity index (χ3n) is 3.05. The van der Waals surface area contributed by atoms with Crippen molar-refractivity contribution in [2.24, 2.45) is 0 Å². The van der Waals surface area contributed by atoms with E-state index in [2.05, 4.69) is 6.07 Å². The number of nitriles is 1. The lowest BCUT2D eigenvalue weighted by atomic mass is 10.1. The van der Waals surface area contributed by atoms with Crippen LogP contribution in [-0.4, -0.2) is 23.6 Å². The third-order valence-corrected chi connectivity index (χ3v) is 4.47. The van der Waals surface area contributed by atoms with Gasteiger partial charge in [-0.2, -0.15) is 5.26 Å². The minimum atomic E-state index is -0.500. The lowest BCUT2D eigenvalue weighted by Gasteiger charge is -2.23. The predicted molar refractivity (Wildman–Crippen MR) is 71.5 cm³/mol. The average molecular weight is 263 g/mol. The molecule has 18 heavy (non-hydrogen) atoms. The number of benzene rings is 1. The molecule has 1 aliphatic heterocycles. The van der Waals surface area contributed by atoms with Gasteiger partial charge in [-0.3, -0.25) is 0 Å². The molecule has 0 aromatic heterocycles. The molecule has 1 aliphatic rings. The topological polar surface area (TPSA) is 53.2 Å². The van der Waals surface area contributed by atoms with Crippen molar-refractivity contribution in [3.63, 3.8) is 0 Å². The highest BCUT2D eigenvalue weighted by atomic mass is 32.2. The third kappa shape index (κ3) is 3.26. The van der Waals surface area contributed by atoms with Crippen LogP contribution < -0.4 is 0 Å². The molecule has 0 radical (unpaired) electrons. The first-order valence-corrected chi connectivity index (χ1v) is 7.05. The predicted octanol–water partition coefficient (Wildman–Crippen LogP) is 2.88. The van der Waals surface area contributed by atoms with Gasteiger partial charge in [0.15, 0.2) is 0 Å². The van der Waals surface area contributed by atoms with E-state index in [9.17, 15) is 5.11 Å². The van der Waals surface area contributed by atoms with E-state index in [1.807, 2.05) is 12.1 Å². The van der Waals surface area contributed by atoms with Gasteiger partial charge >= 0.3 is 0 Å². The molecule has 0 amide bonds. The first kappa shape index (κ1) is 13.4. The van der Waals surface area contributed by atoms with Crippen LogP contribution in [0.25, 0.3) is 0 Å². The molecule has 1 N–H and O–H groups in total. The molecule has 1 aromatic carbocycles. The maximum absolute atomic E-state index is 9.78. The Kier molecular flexibility index (Phi) is 4.65. The lowest BCUT2D eigenvalue weighted by Crippen LogP contribution is -2.17. The smallest absolute Gasteiger partial charge is 0.0992 e. The van der Waals surface area contributed by atoms with Gasteiger partial charge < -0.3 is 9.84 Å². The number of rotatable bonds is 3. The summed E-state index contributed by atoms with van der Waals surface area (Å²) < 4.78 is 5.34. The molecule has 1 saturated heterocycles. The zero-order valence-corrected chi connectivity index (χ0v) is 11.2. The van der Waals surface area contributed by atoms with E-state index in [-0.39, 0.29) is 0 Å². The van der Waals surface area contributed by atoms with Crippen molar-refractivity contribution in [2.45, 2.75) is 36.0 Å². The molecule has 0 aliphatic carbocycles. The maximum atomic E-state index is 9.78. The van der Waals surface area contributed by atoms with Crippen LogP contribution in [0.5, 0.6) is 0 Å².